The molecule has 0 saturated carbocycles. The van der Waals surface area contributed by atoms with Gasteiger partial charge in [-0.25, -0.2) is 0 Å². The van der Waals surface area contributed by atoms with Crippen LogP contribution in [0.25, 0.3) is 0 Å². The van der Waals surface area contributed by atoms with Gasteiger partial charge in [0, 0.05) is 20.1 Å². The van der Waals surface area contributed by atoms with E-state index in [9.17, 15) is 9.59 Å². The number of carbonyl (C=O) groups is 2. The molecule has 2 atom stereocenters. The van der Waals surface area contributed by atoms with Crippen molar-refractivity contribution in [2.75, 3.05) is 33.3 Å². The van der Waals surface area contributed by atoms with Gasteiger partial charge in [-0.3, -0.25) is 9.59 Å². The number of hydrogen-bond acceptors (Lipinski definition) is 3. The fraction of sp³-hybridized carbons (Fsp3) is 0.579. The third kappa shape index (κ3) is 3.31. The Bertz CT molecular complexity index is 604. The van der Waals surface area contributed by atoms with Gasteiger partial charge in [-0.15, -0.1) is 0 Å². The molecule has 130 valence electrons. The van der Waals surface area contributed by atoms with Gasteiger partial charge in [0.1, 0.15) is 11.5 Å². The van der Waals surface area contributed by atoms with Crippen LogP contribution in [0.5, 0.6) is 0 Å². The molecule has 2 fully saturated rings. The maximum atomic E-state index is 13.0. The van der Waals surface area contributed by atoms with Gasteiger partial charge in [-0.1, -0.05) is 36.8 Å². The van der Waals surface area contributed by atoms with Crippen molar-refractivity contribution in [3.63, 3.8) is 0 Å². The Labute approximate surface area is 143 Å². The monoisotopic (exact) mass is 330 g/mol. The van der Waals surface area contributed by atoms with Crippen molar-refractivity contribution in [2.24, 2.45) is 5.92 Å². The number of rotatable bonds is 2. The van der Waals surface area contributed by atoms with Crippen molar-refractivity contribution < 1.29 is 14.3 Å². The Morgan fingerprint density at radius 2 is 1.96 bits per heavy atom. The largest absolute Gasteiger partial charge is 0.367 e. The lowest BCUT2D eigenvalue weighted by Crippen LogP contribution is -2.53. The Morgan fingerprint density at radius 3 is 2.71 bits per heavy atom. The average Bonchev–Trinajstić information content (AvgIpc) is 2.77. The van der Waals surface area contributed by atoms with Gasteiger partial charge < -0.3 is 14.5 Å². The zero-order valence-electron chi connectivity index (χ0n) is 14.5. The Balaban J connectivity index is 1.76. The summed E-state index contributed by atoms with van der Waals surface area (Å²) in [4.78, 5) is 29.0. The average molecular weight is 330 g/mol. The summed E-state index contributed by atoms with van der Waals surface area (Å²) in [6, 6.07) is 9.98. The predicted octanol–water partition coefficient (Wildman–Crippen LogP) is 2.02. The molecule has 24 heavy (non-hydrogen) atoms. The molecule has 2 heterocycles. The third-order valence-corrected chi connectivity index (χ3v) is 5.18. The highest BCUT2D eigenvalue weighted by atomic mass is 16.5. The van der Waals surface area contributed by atoms with Gasteiger partial charge in [0.2, 0.25) is 11.8 Å². The fourth-order valence-corrected chi connectivity index (χ4v) is 3.67. The van der Waals surface area contributed by atoms with Crippen LogP contribution in [-0.2, 0) is 19.9 Å². The van der Waals surface area contributed by atoms with Crippen LogP contribution in [0.15, 0.2) is 30.3 Å². The van der Waals surface area contributed by atoms with Crippen LogP contribution in [0.2, 0.25) is 0 Å². The number of benzene rings is 1. The molecule has 2 amide bonds. The van der Waals surface area contributed by atoms with Gasteiger partial charge in [-0.2, -0.15) is 0 Å². The lowest BCUT2D eigenvalue weighted by Gasteiger charge is -2.42. The van der Waals surface area contributed by atoms with Crippen LogP contribution in [0, 0.1) is 5.92 Å². The zero-order chi connectivity index (χ0) is 17.2. The Morgan fingerprint density at radius 1 is 1.21 bits per heavy atom. The standard InChI is InChI=1S/C19H26N2O3/c1-19(15-8-4-3-5-9-15)14-21(12-13-24-19)18(23)16-10-6-7-11-20(2)17(16)22/h3-5,8-9,16H,6-7,10-14H2,1-2H3. The van der Waals surface area contributed by atoms with E-state index < -0.39 is 11.5 Å². The van der Waals surface area contributed by atoms with E-state index in [2.05, 4.69) is 0 Å². The summed E-state index contributed by atoms with van der Waals surface area (Å²) in [5.41, 5.74) is 0.543. The summed E-state index contributed by atoms with van der Waals surface area (Å²) < 4.78 is 6.00. The molecular weight excluding hydrogens is 304 g/mol. The molecule has 1 aromatic rings. The number of morpholine rings is 1. The summed E-state index contributed by atoms with van der Waals surface area (Å²) in [6.45, 7) is 4.29. The molecule has 0 spiro atoms. The summed E-state index contributed by atoms with van der Waals surface area (Å²) in [6.07, 6.45) is 2.55. The molecule has 0 radical (unpaired) electrons. The topological polar surface area (TPSA) is 49.9 Å². The molecule has 2 saturated heterocycles. The molecule has 0 bridgehead atoms. The van der Waals surface area contributed by atoms with Crippen LogP contribution >= 0.6 is 0 Å². The third-order valence-electron chi connectivity index (χ3n) is 5.18. The summed E-state index contributed by atoms with van der Waals surface area (Å²) in [5, 5.41) is 0. The highest BCUT2D eigenvalue weighted by Crippen LogP contribution is 2.30. The van der Waals surface area contributed by atoms with Gasteiger partial charge in [-0.05, 0) is 25.3 Å². The quantitative estimate of drug-likeness (QED) is 0.780. The molecule has 5 nitrogen and oxygen atoms in total. The number of amides is 2. The zero-order valence-corrected chi connectivity index (χ0v) is 14.5. The fourth-order valence-electron chi connectivity index (χ4n) is 3.67. The smallest absolute Gasteiger partial charge is 0.235 e. The molecular formula is C19H26N2O3. The molecule has 0 aliphatic carbocycles. The summed E-state index contributed by atoms with van der Waals surface area (Å²) >= 11 is 0. The van der Waals surface area contributed by atoms with Gasteiger partial charge in [0.15, 0.2) is 0 Å². The van der Waals surface area contributed by atoms with Gasteiger partial charge in [0.25, 0.3) is 0 Å². The van der Waals surface area contributed by atoms with E-state index in [1.807, 2.05) is 42.2 Å². The molecule has 5 heteroatoms. The molecule has 2 unspecified atom stereocenters. The lowest BCUT2D eigenvalue weighted by atomic mass is 9.92. The van der Waals surface area contributed by atoms with Crippen molar-refractivity contribution in [1.82, 2.24) is 9.80 Å². The molecule has 2 aliphatic rings. The summed E-state index contributed by atoms with van der Waals surface area (Å²) in [5.74, 6) is -0.611. The van der Waals surface area contributed by atoms with Crippen LogP contribution in [0.3, 0.4) is 0 Å². The van der Waals surface area contributed by atoms with E-state index in [0.29, 0.717) is 26.1 Å². The highest BCUT2D eigenvalue weighted by Gasteiger charge is 2.40. The first-order valence-electron chi connectivity index (χ1n) is 8.74. The minimum Gasteiger partial charge on any atom is -0.367 e. The second-order valence-corrected chi connectivity index (χ2v) is 7.01. The normalized spacial score (nSPS) is 28.6. The van der Waals surface area contributed by atoms with Crippen LogP contribution in [0.1, 0.15) is 31.7 Å². The molecule has 2 aliphatic heterocycles. The maximum absolute atomic E-state index is 13.0. The number of hydrogen-bond donors (Lipinski definition) is 0. The molecule has 1 aromatic carbocycles. The second-order valence-electron chi connectivity index (χ2n) is 7.01. The number of carbonyl (C=O) groups excluding carboxylic acids is 2. The SMILES string of the molecule is CN1CCCCC(C(=O)N2CCOC(C)(c3ccccc3)C2)C1=O. The van der Waals surface area contributed by atoms with E-state index in [1.54, 1.807) is 11.9 Å². The second kappa shape index (κ2) is 6.93. The Hall–Kier alpha value is -1.88. The molecule has 3 rings (SSSR count). The maximum Gasteiger partial charge on any atom is 0.235 e. The minimum atomic E-state index is -0.532. The highest BCUT2D eigenvalue weighted by molar-refractivity contribution is 6.00. The van der Waals surface area contributed by atoms with Crippen molar-refractivity contribution in [3.05, 3.63) is 35.9 Å². The van der Waals surface area contributed by atoms with Crippen molar-refractivity contribution >= 4 is 11.8 Å². The van der Waals surface area contributed by atoms with E-state index in [4.69, 9.17) is 4.74 Å². The van der Waals surface area contributed by atoms with Crippen molar-refractivity contribution in [1.29, 1.82) is 0 Å². The van der Waals surface area contributed by atoms with Crippen LogP contribution in [-0.4, -0.2) is 54.9 Å². The first kappa shape index (κ1) is 17.0. The molecule has 0 aromatic heterocycles. The van der Waals surface area contributed by atoms with Crippen molar-refractivity contribution in [2.45, 2.75) is 31.8 Å². The molecule has 0 N–H and O–H groups in total. The van der Waals surface area contributed by atoms with Crippen LogP contribution in [0.4, 0.5) is 0 Å². The van der Waals surface area contributed by atoms with Gasteiger partial charge in [0.05, 0.1) is 13.2 Å². The Kier molecular flexibility index (Phi) is 4.90. The number of likely N-dealkylation sites (tertiary alicyclic amines) is 1. The minimum absolute atomic E-state index is 0.0367. The van der Waals surface area contributed by atoms with Gasteiger partial charge >= 0.3 is 0 Å². The number of ether oxygens (including phenoxy) is 1. The first-order chi connectivity index (χ1) is 11.5. The van der Waals surface area contributed by atoms with Crippen molar-refractivity contribution in [3.8, 4) is 0 Å². The van der Waals surface area contributed by atoms with E-state index in [0.717, 1.165) is 24.9 Å². The van der Waals surface area contributed by atoms with E-state index in [-0.39, 0.29) is 11.8 Å². The van der Waals surface area contributed by atoms with Crippen LogP contribution < -0.4 is 0 Å². The van der Waals surface area contributed by atoms with E-state index in [1.165, 1.54) is 0 Å². The summed E-state index contributed by atoms with van der Waals surface area (Å²) in [7, 11) is 1.79. The predicted molar refractivity (Wildman–Crippen MR) is 91.3 cm³/mol. The first-order valence-corrected chi connectivity index (χ1v) is 8.74. The number of nitrogens with zero attached hydrogens (tertiary/aromatic N) is 2. The van der Waals surface area contributed by atoms with E-state index >= 15 is 0 Å². The lowest BCUT2D eigenvalue weighted by molar-refractivity contribution is -0.158.